The summed E-state index contributed by atoms with van der Waals surface area (Å²) in [6, 6.07) is 0. The van der Waals surface area contributed by atoms with E-state index in [2.05, 4.69) is 0 Å². The topological polar surface area (TPSA) is 38.7 Å². The van der Waals surface area contributed by atoms with Crippen molar-refractivity contribution in [2.75, 3.05) is 13.2 Å². The monoisotopic (exact) mass is 178 g/mol. The van der Waals surface area contributed by atoms with Crippen molar-refractivity contribution in [1.29, 1.82) is 0 Å². The van der Waals surface area contributed by atoms with Gasteiger partial charge in [-0.2, -0.15) is 0 Å². The Balaban J connectivity index is 3.94. The minimum atomic E-state index is -1.43. The lowest BCUT2D eigenvalue weighted by Gasteiger charge is -2.22. The van der Waals surface area contributed by atoms with Gasteiger partial charge in [-0.15, -0.1) is 0 Å². The average molecular weight is 178 g/mol. The Hall–Kier alpha value is -0.190. The molecular weight excluding hydrogens is 164 g/mol. The SMILES string of the molecule is CCOC(=S)C(C)(O)OCC. The minimum absolute atomic E-state index is 0.0850. The zero-order valence-electron chi connectivity index (χ0n) is 7.09. The van der Waals surface area contributed by atoms with Gasteiger partial charge in [-0.3, -0.25) is 0 Å². The van der Waals surface area contributed by atoms with Gasteiger partial charge in [0.05, 0.1) is 6.61 Å². The number of hydrogen-bond donors (Lipinski definition) is 1. The van der Waals surface area contributed by atoms with Gasteiger partial charge in [-0.1, -0.05) is 0 Å². The van der Waals surface area contributed by atoms with E-state index in [1.54, 1.807) is 13.8 Å². The maximum atomic E-state index is 9.43. The smallest absolute Gasteiger partial charge is 0.233 e. The quantitative estimate of drug-likeness (QED) is 0.517. The maximum Gasteiger partial charge on any atom is 0.233 e. The maximum absolute atomic E-state index is 9.43. The van der Waals surface area contributed by atoms with E-state index in [0.717, 1.165) is 0 Å². The highest BCUT2D eigenvalue weighted by atomic mass is 32.1. The minimum Gasteiger partial charge on any atom is -0.483 e. The van der Waals surface area contributed by atoms with E-state index < -0.39 is 5.79 Å². The first-order valence-corrected chi connectivity index (χ1v) is 3.99. The zero-order chi connectivity index (χ0) is 8.91. The van der Waals surface area contributed by atoms with Crippen LogP contribution in [0.5, 0.6) is 0 Å². The first kappa shape index (κ1) is 10.8. The third kappa shape index (κ3) is 3.65. The number of thiocarbonyl (C=S) groups is 1. The summed E-state index contributed by atoms with van der Waals surface area (Å²) < 4.78 is 9.85. The van der Waals surface area contributed by atoms with Crippen LogP contribution in [0.15, 0.2) is 0 Å². The molecule has 0 aliphatic carbocycles. The van der Waals surface area contributed by atoms with Crippen LogP contribution in [0.25, 0.3) is 0 Å². The summed E-state index contributed by atoms with van der Waals surface area (Å²) >= 11 is 4.76. The molecule has 1 atom stereocenters. The molecule has 0 aromatic heterocycles. The van der Waals surface area contributed by atoms with Crippen molar-refractivity contribution in [3.63, 3.8) is 0 Å². The van der Waals surface area contributed by atoms with Crippen LogP contribution >= 0.6 is 12.2 Å². The van der Waals surface area contributed by atoms with Gasteiger partial charge in [-0.05, 0) is 33.0 Å². The molecular formula is C7H14O3S. The predicted molar refractivity (Wildman–Crippen MR) is 46.5 cm³/mol. The third-order valence-electron chi connectivity index (χ3n) is 1.08. The van der Waals surface area contributed by atoms with Crippen LogP contribution in [-0.4, -0.2) is 29.2 Å². The molecule has 1 N–H and O–H groups in total. The van der Waals surface area contributed by atoms with Gasteiger partial charge >= 0.3 is 0 Å². The molecule has 66 valence electrons. The molecule has 11 heavy (non-hydrogen) atoms. The molecule has 0 fully saturated rings. The van der Waals surface area contributed by atoms with E-state index in [9.17, 15) is 5.11 Å². The van der Waals surface area contributed by atoms with Crippen molar-refractivity contribution in [3.8, 4) is 0 Å². The van der Waals surface area contributed by atoms with Crippen molar-refractivity contribution < 1.29 is 14.6 Å². The lowest BCUT2D eigenvalue weighted by molar-refractivity contribution is -0.142. The summed E-state index contributed by atoms with van der Waals surface area (Å²) in [5.41, 5.74) is 0. The molecule has 0 rings (SSSR count). The van der Waals surface area contributed by atoms with Crippen molar-refractivity contribution in [2.24, 2.45) is 0 Å². The fourth-order valence-electron chi connectivity index (χ4n) is 0.605. The highest BCUT2D eigenvalue weighted by molar-refractivity contribution is 7.80. The Morgan fingerprint density at radius 2 is 2.00 bits per heavy atom. The molecule has 1 unspecified atom stereocenters. The Bertz CT molecular complexity index is 134. The summed E-state index contributed by atoms with van der Waals surface area (Å²) in [5, 5.41) is 9.51. The predicted octanol–water partition coefficient (Wildman–Crippen LogP) is 1.10. The van der Waals surface area contributed by atoms with Crippen molar-refractivity contribution in [2.45, 2.75) is 26.6 Å². The lowest BCUT2D eigenvalue weighted by Crippen LogP contribution is -2.38. The Labute approximate surface area is 72.3 Å². The van der Waals surface area contributed by atoms with Gasteiger partial charge in [0.2, 0.25) is 10.8 Å². The molecule has 0 saturated heterocycles. The number of rotatable bonds is 4. The van der Waals surface area contributed by atoms with Gasteiger partial charge < -0.3 is 14.6 Å². The van der Waals surface area contributed by atoms with Crippen molar-refractivity contribution in [3.05, 3.63) is 0 Å². The molecule has 4 heteroatoms. The molecule has 0 aromatic carbocycles. The second-order valence-electron chi connectivity index (χ2n) is 2.14. The van der Waals surface area contributed by atoms with E-state index >= 15 is 0 Å². The Morgan fingerprint density at radius 3 is 2.36 bits per heavy atom. The van der Waals surface area contributed by atoms with Crippen LogP contribution in [0.3, 0.4) is 0 Å². The summed E-state index contributed by atoms with van der Waals surface area (Å²) in [6.45, 7) is 5.90. The Morgan fingerprint density at radius 1 is 1.45 bits per heavy atom. The summed E-state index contributed by atoms with van der Waals surface area (Å²) in [5.74, 6) is -1.43. The van der Waals surface area contributed by atoms with Crippen LogP contribution in [-0.2, 0) is 9.47 Å². The van der Waals surface area contributed by atoms with E-state index in [-0.39, 0.29) is 5.05 Å². The first-order valence-electron chi connectivity index (χ1n) is 3.58. The van der Waals surface area contributed by atoms with Gasteiger partial charge in [0.1, 0.15) is 0 Å². The van der Waals surface area contributed by atoms with Crippen LogP contribution in [0, 0.1) is 0 Å². The normalized spacial score (nSPS) is 15.6. The molecule has 0 spiro atoms. The zero-order valence-corrected chi connectivity index (χ0v) is 7.90. The molecule has 0 amide bonds. The van der Waals surface area contributed by atoms with Crippen molar-refractivity contribution >= 4 is 17.3 Å². The molecule has 0 aliphatic heterocycles. The highest BCUT2D eigenvalue weighted by Gasteiger charge is 2.27. The molecule has 0 radical (unpaired) electrons. The Kier molecular flexibility index (Phi) is 4.56. The van der Waals surface area contributed by atoms with E-state index in [0.29, 0.717) is 13.2 Å². The average Bonchev–Trinajstić information content (AvgIpc) is 1.88. The van der Waals surface area contributed by atoms with Crippen molar-refractivity contribution in [1.82, 2.24) is 0 Å². The molecule has 0 aliphatic rings. The fourth-order valence-corrected chi connectivity index (χ4v) is 0.782. The second kappa shape index (κ2) is 4.64. The number of ether oxygens (including phenoxy) is 2. The first-order chi connectivity index (χ1) is 5.04. The largest absolute Gasteiger partial charge is 0.483 e. The highest BCUT2D eigenvalue weighted by Crippen LogP contribution is 2.09. The second-order valence-corrected chi connectivity index (χ2v) is 2.51. The summed E-state index contributed by atoms with van der Waals surface area (Å²) in [7, 11) is 0. The molecule has 3 nitrogen and oxygen atoms in total. The summed E-state index contributed by atoms with van der Waals surface area (Å²) in [4.78, 5) is 0. The van der Waals surface area contributed by atoms with Crippen LogP contribution in [0.1, 0.15) is 20.8 Å². The van der Waals surface area contributed by atoms with Gasteiger partial charge in [-0.25, -0.2) is 0 Å². The van der Waals surface area contributed by atoms with Crippen LogP contribution < -0.4 is 0 Å². The number of hydrogen-bond acceptors (Lipinski definition) is 4. The molecule has 0 aromatic rings. The number of aliphatic hydroxyl groups is 1. The fraction of sp³-hybridized carbons (Fsp3) is 0.857. The van der Waals surface area contributed by atoms with E-state index in [4.69, 9.17) is 21.7 Å². The van der Waals surface area contributed by atoms with E-state index in [1.807, 2.05) is 0 Å². The lowest BCUT2D eigenvalue weighted by atomic mass is 10.3. The molecule has 0 heterocycles. The molecule has 0 bridgehead atoms. The third-order valence-corrected chi connectivity index (χ3v) is 1.58. The van der Waals surface area contributed by atoms with Crippen LogP contribution in [0.2, 0.25) is 0 Å². The van der Waals surface area contributed by atoms with Gasteiger partial charge in [0.25, 0.3) is 0 Å². The van der Waals surface area contributed by atoms with Gasteiger partial charge in [0, 0.05) is 6.61 Å². The summed E-state index contributed by atoms with van der Waals surface area (Å²) in [6.07, 6.45) is 0. The van der Waals surface area contributed by atoms with E-state index in [1.165, 1.54) is 6.92 Å². The van der Waals surface area contributed by atoms with Gasteiger partial charge in [0.15, 0.2) is 0 Å². The standard InChI is InChI=1S/C7H14O3S/c1-4-9-6(11)7(3,8)10-5-2/h8H,4-5H2,1-3H3. The molecule has 0 saturated carbocycles. The van der Waals surface area contributed by atoms with Crippen LogP contribution in [0.4, 0.5) is 0 Å².